The number of ether oxygens (including phenoxy) is 1. The van der Waals surface area contributed by atoms with E-state index in [0.29, 0.717) is 16.5 Å². The Morgan fingerprint density at radius 2 is 1.79 bits per heavy atom. The highest BCUT2D eigenvalue weighted by Gasteiger charge is 2.17. The third-order valence-corrected chi connectivity index (χ3v) is 7.77. The fourth-order valence-corrected chi connectivity index (χ4v) is 5.54. The number of benzene rings is 2. The molecule has 0 atom stereocenters. The minimum Gasteiger partial charge on any atom is -0.468 e. The quantitative estimate of drug-likeness (QED) is 0.282. The summed E-state index contributed by atoms with van der Waals surface area (Å²) in [5.41, 5.74) is 10.4. The Morgan fingerprint density at radius 3 is 2.55 bits per heavy atom. The summed E-state index contributed by atoms with van der Waals surface area (Å²) in [7, 11) is 0. The second-order valence-corrected chi connectivity index (χ2v) is 10.5. The van der Waals surface area contributed by atoms with Gasteiger partial charge in [0.1, 0.15) is 0 Å². The molecule has 3 aromatic heterocycles. The van der Waals surface area contributed by atoms with Crippen molar-refractivity contribution >= 4 is 33.4 Å². The van der Waals surface area contributed by atoms with Crippen LogP contribution in [0, 0.1) is 11.3 Å². The number of piperazine rings is 1. The first-order valence-electron chi connectivity index (χ1n) is 14.0. The maximum absolute atomic E-state index is 13.2. The van der Waals surface area contributed by atoms with Gasteiger partial charge in [-0.2, -0.15) is 5.26 Å². The maximum Gasteiger partial charge on any atom is 0.264 e. The highest BCUT2D eigenvalue weighted by atomic mass is 16.5. The van der Waals surface area contributed by atoms with E-state index in [9.17, 15) is 14.9 Å². The highest BCUT2D eigenvalue weighted by molar-refractivity contribution is 5.84. The summed E-state index contributed by atoms with van der Waals surface area (Å²) in [5.74, 6) is -0.348. The number of primary amides is 1. The molecule has 1 saturated heterocycles. The van der Waals surface area contributed by atoms with Crippen LogP contribution in [0.15, 0.2) is 77.9 Å². The molecule has 10 nitrogen and oxygen atoms in total. The third kappa shape index (κ3) is 5.68. The van der Waals surface area contributed by atoms with Crippen LogP contribution < -0.4 is 20.9 Å². The van der Waals surface area contributed by atoms with Crippen LogP contribution in [0.25, 0.3) is 27.5 Å². The number of nitrogens with one attached hydrogen (secondary N) is 1. The van der Waals surface area contributed by atoms with Crippen molar-refractivity contribution in [1.82, 2.24) is 19.4 Å². The Kier molecular flexibility index (Phi) is 7.58. The van der Waals surface area contributed by atoms with E-state index in [4.69, 9.17) is 10.5 Å². The number of hydrogen-bond donors (Lipinski definition) is 2. The minimum absolute atomic E-state index is 0.180. The number of H-pyrrole nitrogens is 1. The van der Waals surface area contributed by atoms with Gasteiger partial charge in [0, 0.05) is 66.9 Å². The summed E-state index contributed by atoms with van der Waals surface area (Å²) in [4.78, 5) is 36.6. The second-order valence-electron chi connectivity index (χ2n) is 10.5. The van der Waals surface area contributed by atoms with Crippen molar-refractivity contribution in [3.05, 3.63) is 94.5 Å². The predicted molar refractivity (Wildman–Crippen MR) is 162 cm³/mol. The molecule has 5 aromatic rings. The number of carbonyl (C=O) groups excluding carboxylic acids is 1. The van der Waals surface area contributed by atoms with Crippen LogP contribution in [0.4, 0.5) is 5.69 Å². The van der Waals surface area contributed by atoms with Crippen LogP contribution in [0.1, 0.15) is 17.5 Å². The van der Waals surface area contributed by atoms with E-state index in [1.165, 1.54) is 5.56 Å². The van der Waals surface area contributed by atoms with E-state index in [-0.39, 0.29) is 18.0 Å². The van der Waals surface area contributed by atoms with E-state index in [1.807, 2.05) is 30.3 Å². The van der Waals surface area contributed by atoms with E-state index in [2.05, 4.69) is 44.2 Å². The normalized spacial score (nSPS) is 13.8. The van der Waals surface area contributed by atoms with E-state index in [0.717, 1.165) is 67.8 Å². The highest BCUT2D eigenvalue weighted by Crippen LogP contribution is 2.23. The van der Waals surface area contributed by atoms with Crippen molar-refractivity contribution in [2.24, 2.45) is 5.73 Å². The van der Waals surface area contributed by atoms with Gasteiger partial charge in [-0.1, -0.05) is 0 Å². The van der Waals surface area contributed by atoms with Crippen molar-refractivity contribution in [3.63, 3.8) is 0 Å². The van der Waals surface area contributed by atoms with E-state index < -0.39 is 5.91 Å². The van der Waals surface area contributed by atoms with Crippen LogP contribution in [-0.4, -0.2) is 64.7 Å². The van der Waals surface area contributed by atoms with Gasteiger partial charge in [0.15, 0.2) is 6.61 Å². The summed E-state index contributed by atoms with van der Waals surface area (Å²) in [6.07, 6.45) is 5.80. The lowest BCUT2D eigenvalue weighted by Gasteiger charge is -2.36. The number of nitrogens with zero attached hydrogens (tertiary/aromatic N) is 5. The number of aromatic amines is 1. The molecule has 4 heterocycles. The average Bonchev–Trinajstić information content (AvgIpc) is 3.42. The molecule has 0 unspecified atom stereocenters. The number of aromatic nitrogens is 3. The lowest BCUT2D eigenvalue weighted by Crippen LogP contribution is -2.46. The molecule has 0 radical (unpaired) electrons. The van der Waals surface area contributed by atoms with E-state index >= 15 is 0 Å². The number of nitriles is 1. The summed E-state index contributed by atoms with van der Waals surface area (Å²) in [6, 6.07) is 21.0. The lowest BCUT2D eigenvalue weighted by atomic mass is 10.1. The molecule has 1 amide bonds. The van der Waals surface area contributed by atoms with Gasteiger partial charge in [0.05, 0.1) is 22.5 Å². The van der Waals surface area contributed by atoms with Gasteiger partial charge in [0.25, 0.3) is 11.5 Å². The van der Waals surface area contributed by atoms with Crippen molar-refractivity contribution < 1.29 is 9.53 Å². The summed E-state index contributed by atoms with van der Waals surface area (Å²) in [5, 5.41) is 10.8. The minimum atomic E-state index is -0.590. The smallest absolute Gasteiger partial charge is 0.264 e. The number of nitrogens with two attached hydrogens (primary N) is 1. The second kappa shape index (κ2) is 11.8. The van der Waals surface area contributed by atoms with Crippen LogP contribution >= 0.6 is 0 Å². The molecular weight excluding hydrogens is 530 g/mol. The Bertz CT molecular complexity index is 1840. The molecule has 212 valence electrons. The van der Waals surface area contributed by atoms with Gasteiger partial charge >= 0.3 is 0 Å². The van der Waals surface area contributed by atoms with Gasteiger partial charge < -0.3 is 20.4 Å². The number of pyridine rings is 2. The van der Waals surface area contributed by atoms with Crippen molar-refractivity contribution in [2.75, 3.05) is 44.2 Å². The topological polar surface area (TPSA) is 133 Å². The molecule has 0 aliphatic carbocycles. The molecule has 0 bridgehead atoms. The zero-order valence-electron chi connectivity index (χ0n) is 23.1. The standard InChI is InChI=1S/C32H31N7O3/c33-19-22-3-9-28-27(18-22)23(20-35-28)2-1-12-37-14-16-38(17-15-37)24-4-6-25(7-5-24)39-13-11-29-26(32(39)41)8-10-31(36-29)42-21-30(34)40/h3-11,13,18,20,35H,1-2,12,14-17,21H2,(H2,34,40). The van der Waals surface area contributed by atoms with Crippen molar-refractivity contribution in [3.8, 4) is 17.6 Å². The van der Waals surface area contributed by atoms with Crippen molar-refractivity contribution in [1.29, 1.82) is 5.26 Å². The van der Waals surface area contributed by atoms with E-state index in [1.54, 1.807) is 29.0 Å². The molecule has 0 spiro atoms. The van der Waals surface area contributed by atoms with Gasteiger partial charge in [-0.05, 0) is 79.5 Å². The fraction of sp³-hybridized carbons (Fsp3) is 0.250. The molecule has 2 aromatic carbocycles. The van der Waals surface area contributed by atoms with Crippen LogP contribution in [0.5, 0.6) is 5.88 Å². The Hall–Kier alpha value is -5.14. The summed E-state index contributed by atoms with van der Waals surface area (Å²) in [6.45, 7) is 4.65. The molecule has 0 saturated carbocycles. The zero-order chi connectivity index (χ0) is 29.1. The van der Waals surface area contributed by atoms with Gasteiger partial charge in [-0.15, -0.1) is 0 Å². The van der Waals surface area contributed by atoms with Gasteiger partial charge in [-0.25, -0.2) is 4.98 Å². The van der Waals surface area contributed by atoms with Gasteiger partial charge in [0.2, 0.25) is 5.88 Å². The Labute approximate surface area is 242 Å². The number of carbonyl (C=O) groups is 1. The van der Waals surface area contributed by atoms with Crippen LogP contribution in [0.3, 0.4) is 0 Å². The first kappa shape index (κ1) is 27.1. The van der Waals surface area contributed by atoms with Gasteiger partial charge in [-0.3, -0.25) is 19.1 Å². The van der Waals surface area contributed by atoms with Crippen molar-refractivity contribution in [2.45, 2.75) is 12.8 Å². The number of amides is 1. The molecule has 10 heteroatoms. The maximum atomic E-state index is 13.2. The molecule has 3 N–H and O–H groups in total. The number of rotatable bonds is 9. The van der Waals surface area contributed by atoms with Crippen LogP contribution in [0.2, 0.25) is 0 Å². The fourth-order valence-electron chi connectivity index (χ4n) is 5.54. The summed E-state index contributed by atoms with van der Waals surface area (Å²) >= 11 is 0. The first-order valence-corrected chi connectivity index (χ1v) is 14.0. The predicted octanol–water partition coefficient (Wildman–Crippen LogP) is 3.36. The van der Waals surface area contributed by atoms with Crippen LogP contribution in [-0.2, 0) is 11.2 Å². The molecule has 42 heavy (non-hydrogen) atoms. The number of anilines is 1. The average molecular weight is 562 g/mol. The first-order chi connectivity index (χ1) is 20.5. The monoisotopic (exact) mass is 561 g/mol. The summed E-state index contributed by atoms with van der Waals surface area (Å²) < 4.78 is 6.85. The SMILES string of the molecule is N#Cc1ccc2[nH]cc(CCCN3CCN(c4ccc(-n5ccc6nc(OCC(N)=O)ccc6c5=O)cc4)CC3)c2c1. The molecule has 6 rings (SSSR count). The molecule has 1 aliphatic rings. The number of aryl methyl sites for hydroxylation is 1. The number of fused-ring (bicyclic) bond motifs is 2. The largest absolute Gasteiger partial charge is 0.468 e. The number of hydrogen-bond acceptors (Lipinski definition) is 7. The molecular formula is C32H31N7O3. The molecule has 1 aliphatic heterocycles. The Morgan fingerprint density at radius 1 is 1.00 bits per heavy atom. The Balaban J connectivity index is 1.04. The lowest BCUT2D eigenvalue weighted by molar-refractivity contribution is -0.120. The third-order valence-electron chi connectivity index (χ3n) is 7.77. The molecule has 1 fully saturated rings. The zero-order valence-corrected chi connectivity index (χ0v) is 23.1.